The lowest BCUT2D eigenvalue weighted by Crippen LogP contribution is -2.06. The zero-order chi connectivity index (χ0) is 9.84. The zero-order valence-corrected chi connectivity index (χ0v) is 7.46. The van der Waals surface area contributed by atoms with Gasteiger partial charge >= 0.3 is 5.97 Å². The van der Waals surface area contributed by atoms with Crippen molar-refractivity contribution in [2.75, 3.05) is 6.61 Å². The molecule has 0 aliphatic heterocycles. The minimum atomic E-state index is -0.509. The van der Waals surface area contributed by atoms with Gasteiger partial charge in [-0.2, -0.15) is 5.26 Å². The van der Waals surface area contributed by atoms with Crippen molar-refractivity contribution in [1.82, 2.24) is 0 Å². The molecule has 0 amide bonds. The smallest absolute Gasteiger partial charge is 0.342 e. The molecule has 0 saturated carbocycles. The number of esters is 1. The van der Waals surface area contributed by atoms with Gasteiger partial charge < -0.3 is 9.15 Å². The summed E-state index contributed by atoms with van der Waals surface area (Å²) >= 11 is 0. The van der Waals surface area contributed by atoms with E-state index in [4.69, 9.17) is 9.68 Å². The molecular weight excluding hydrogens is 170 g/mol. The second kappa shape index (κ2) is 3.76. The molecular formula is C9H9NO3. The van der Waals surface area contributed by atoms with Crippen LogP contribution in [0.1, 0.15) is 21.7 Å². The first-order valence-corrected chi connectivity index (χ1v) is 3.75. The van der Waals surface area contributed by atoms with Crippen molar-refractivity contribution in [3.63, 3.8) is 0 Å². The first-order chi connectivity index (χ1) is 6.16. The van der Waals surface area contributed by atoms with E-state index in [1.165, 1.54) is 6.26 Å². The van der Waals surface area contributed by atoms with Gasteiger partial charge in [0.15, 0.2) is 6.61 Å². The number of carbonyl (C=O) groups excluding carboxylic acids is 1. The van der Waals surface area contributed by atoms with Crippen LogP contribution in [0.25, 0.3) is 0 Å². The maximum Gasteiger partial charge on any atom is 0.342 e. The molecule has 0 fully saturated rings. The van der Waals surface area contributed by atoms with Crippen LogP contribution in [0.3, 0.4) is 0 Å². The summed E-state index contributed by atoms with van der Waals surface area (Å²) in [7, 11) is 0. The summed E-state index contributed by atoms with van der Waals surface area (Å²) in [5.41, 5.74) is 1.13. The van der Waals surface area contributed by atoms with Gasteiger partial charge in [0.05, 0.1) is 6.26 Å². The van der Waals surface area contributed by atoms with E-state index in [2.05, 4.69) is 4.74 Å². The van der Waals surface area contributed by atoms with E-state index in [9.17, 15) is 4.79 Å². The van der Waals surface area contributed by atoms with Gasteiger partial charge in [0.1, 0.15) is 17.4 Å². The average Bonchev–Trinajstić information content (AvgIpc) is 2.42. The van der Waals surface area contributed by atoms with Crippen molar-refractivity contribution in [3.05, 3.63) is 23.2 Å². The van der Waals surface area contributed by atoms with Gasteiger partial charge in [-0.25, -0.2) is 4.79 Å². The summed E-state index contributed by atoms with van der Waals surface area (Å²) in [5.74, 6) is 0.00531. The fourth-order valence-electron chi connectivity index (χ4n) is 1.05. The van der Waals surface area contributed by atoms with E-state index < -0.39 is 5.97 Å². The molecule has 1 aromatic heterocycles. The molecule has 0 aliphatic carbocycles. The van der Waals surface area contributed by atoms with Gasteiger partial charge in [-0.1, -0.05) is 0 Å². The normalized spacial score (nSPS) is 9.31. The molecule has 68 valence electrons. The maximum absolute atomic E-state index is 11.3. The van der Waals surface area contributed by atoms with E-state index in [1.54, 1.807) is 19.9 Å². The van der Waals surface area contributed by atoms with Crippen LogP contribution in [-0.2, 0) is 4.74 Å². The predicted molar refractivity (Wildman–Crippen MR) is 44.1 cm³/mol. The minimum Gasteiger partial charge on any atom is -0.468 e. The topological polar surface area (TPSA) is 63.2 Å². The number of nitrogens with zero attached hydrogens (tertiary/aromatic N) is 1. The number of furan rings is 1. The quantitative estimate of drug-likeness (QED) is 0.646. The summed E-state index contributed by atoms with van der Waals surface area (Å²) in [6.45, 7) is 3.19. The van der Waals surface area contributed by atoms with Crippen molar-refractivity contribution in [3.8, 4) is 6.07 Å². The molecule has 13 heavy (non-hydrogen) atoms. The Kier molecular flexibility index (Phi) is 2.70. The van der Waals surface area contributed by atoms with Crippen LogP contribution in [0.4, 0.5) is 0 Å². The minimum absolute atomic E-state index is 0.233. The zero-order valence-electron chi connectivity index (χ0n) is 7.46. The highest BCUT2D eigenvalue weighted by Gasteiger charge is 2.16. The molecule has 0 spiro atoms. The van der Waals surface area contributed by atoms with Crippen LogP contribution >= 0.6 is 0 Å². The van der Waals surface area contributed by atoms with Gasteiger partial charge in [-0.3, -0.25) is 0 Å². The summed E-state index contributed by atoms with van der Waals surface area (Å²) in [6.07, 6.45) is 1.48. The van der Waals surface area contributed by atoms with Crippen LogP contribution in [0.15, 0.2) is 10.7 Å². The Labute approximate surface area is 75.7 Å². The van der Waals surface area contributed by atoms with Crippen LogP contribution in [0.2, 0.25) is 0 Å². The van der Waals surface area contributed by atoms with Crippen molar-refractivity contribution in [2.24, 2.45) is 0 Å². The first kappa shape index (κ1) is 9.33. The molecule has 1 heterocycles. The third-order valence-corrected chi connectivity index (χ3v) is 1.63. The summed E-state index contributed by atoms with van der Waals surface area (Å²) in [6, 6.07) is 1.73. The van der Waals surface area contributed by atoms with Crippen molar-refractivity contribution < 1.29 is 13.9 Å². The molecule has 0 aromatic carbocycles. The van der Waals surface area contributed by atoms with Crippen LogP contribution < -0.4 is 0 Å². The third kappa shape index (κ3) is 1.88. The Hall–Kier alpha value is -1.76. The molecule has 4 nitrogen and oxygen atoms in total. The predicted octanol–water partition coefficient (Wildman–Crippen LogP) is 1.58. The van der Waals surface area contributed by atoms with E-state index in [1.807, 2.05) is 0 Å². The average molecular weight is 179 g/mol. The lowest BCUT2D eigenvalue weighted by atomic mass is 10.2. The van der Waals surface area contributed by atoms with E-state index in [0.29, 0.717) is 11.3 Å². The molecule has 0 atom stereocenters. The Balaban J connectivity index is 2.83. The van der Waals surface area contributed by atoms with Crippen LogP contribution in [-0.4, -0.2) is 12.6 Å². The SMILES string of the molecule is Cc1coc(C)c1C(=O)OCC#N. The second-order valence-corrected chi connectivity index (χ2v) is 2.58. The lowest BCUT2D eigenvalue weighted by Gasteiger charge is -1.98. The van der Waals surface area contributed by atoms with Crippen LogP contribution in [0.5, 0.6) is 0 Å². The summed E-state index contributed by atoms with van der Waals surface area (Å²) in [5, 5.41) is 8.20. The third-order valence-electron chi connectivity index (χ3n) is 1.63. The first-order valence-electron chi connectivity index (χ1n) is 3.75. The van der Waals surface area contributed by atoms with E-state index in [-0.39, 0.29) is 6.61 Å². The van der Waals surface area contributed by atoms with Gasteiger partial charge in [-0.05, 0) is 13.8 Å². The molecule has 4 heteroatoms. The Morgan fingerprint density at radius 1 is 1.69 bits per heavy atom. The fraction of sp³-hybridized carbons (Fsp3) is 0.333. The van der Waals surface area contributed by atoms with Crippen molar-refractivity contribution >= 4 is 5.97 Å². The fourth-order valence-corrected chi connectivity index (χ4v) is 1.05. The monoisotopic (exact) mass is 179 g/mol. The molecule has 1 aromatic rings. The highest BCUT2D eigenvalue weighted by molar-refractivity contribution is 5.92. The molecule has 0 bridgehead atoms. The largest absolute Gasteiger partial charge is 0.468 e. The van der Waals surface area contributed by atoms with Gasteiger partial charge in [-0.15, -0.1) is 0 Å². The van der Waals surface area contributed by atoms with E-state index >= 15 is 0 Å². The number of hydrogen-bond acceptors (Lipinski definition) is 4. The van der Waals surface area contributed by atoms with Crippen molar-refractivity contribution in [1.29, 1.82) is 5.26 Å². The second-order valence-electron chi connectivity index (χ2n) is 2.58. The number of rotatable bonds is 2. The Bertz CT molecular complexity index is 340. The summed E-state index contributed by atoms with van der Waals surface area (Å²) < 4.78 is 9.65. The highest BCUT2D eigenvalue weighted by atomic mass is 16.5. The van der Waals surface area contributed by atoms with Crippen LogP contribution in [0, 0.1) is 25.2 Å². The molecule has 0 saturated heterocycles. The Morgan fingerprint density at radius 2 is 2.38 bits per heavy atom. The lowest BCUT2D eigenvalue weighted by molar-refractivity contribution is 0.0552. The molecule has 0 unspecified atom stereocenters. The Morgan fingerprint density at radius 3 is 2.85 bits per heavy atom. The standard InChI is InChI=1S/C9H9NO3/c1-6-5-13-7(2)8(6)9(11)12-4-3-10/h5H,4H2,1-2H3. The number of aryl methyl sites for hydroxylation is 2. The number of hydrogen-bond donors (Lipinski definition) is 0. The molecule has 0 N–H and O–H groups in total. The number of carbonyl (C=O) groups is 1. The summed E-state index contributed by atoms with van der Waals surface area (Å²) in [4.78, 5) is 11.3. The molecule has 0 radical (unpaired) electrons. The number of ether oxygens (including phenoxy) is 1. The van der Waals surface area contributed by atoms with Crippen molar-refractivity contribution in [2.45, 2.75) is 13.8 Å². The van der Waals surface area contributed by atoms with Gasteiger partial charge in [0.2, 0.25) is 0 Å². The molecule has 1 rings (SSSR count). The maximum atomic E-state index is 11.3. The van der Waals surface area contributed by atoms with E-state index in [0.717, 1.165) is 5.56 Å². The molecule has 0 aliphatic rings. The van der Waals surface area contributed by atoms with Gasteiger partial charge in [0, 0.05) is 5.56 Å². The number of nitriles is 1. The highest BCUT2D eigenvalue weighted by Crippen LogP contribution is 2.16. The van der Waals surface area contributed by atoms with Gasteiger partial charge in [0.25, 0.3) is 0 Å².